The van der Waals surface area contributed by atoms with E-state index in [1.54, 1.807) is 12.1 Å². The second kappa shape index (κ2) is 8.95. The average molecular weight is 370 g/mol. The van der Waals surface area contributed by atoms with Gasteiger partial charge in [0.25, 0.3) is 0 Å². The summed E-state index contributed by atoms with van der Waals surface area (Å²) in [5.41, 5.74) is 3.05. The van der Waals surface area contributed by atoms with E-state index in [1.165, 1.54) is 12.1 Å². The first-order valence-electron chi connectivity index (χ1n) is 9.41. The van der Waals surface area contributed by atoms with Crippen LogP contribution in [0, 0.1) is 12.7 Å². The minimum Gasteiger partial charge on any atom is -0.367 e. The van der Waals surface area contributed by atoms with Crippen molar-refractivity contribution in [2.45, 2.75) is 39.5 Å². The van der Waals surface area contributed by atoms with Gasteiger partial charge in [0.15, 0.2) is 5.96 Å². The number of aromatic nitrogens is 1. The van der Waals surface area contributed by atoms with E-state index in [-0.39, 0.29) is 18.0 Å². The van der Waals surface area contributed by atoms with Gasteiger partial charge in [0.2, 0.25) is 0 Å². The first-order valence-corrected chi connectivity index (χ1v) is 9.41. The molecule has 6 heteroatoms. The summed E-state index contributed by atoms with van der Waals surface area (Å²) >= 11 is 0. The van der Waals surface area contributed by atoms with Crippen LogP contribution in [0.1, 0.15) is 36.8 Å². The molecule has 0 radical (unpaired) electrons. The third kappa shape index (κ3) is 5.26. The average Bonchev–Trinajstić information content (AvgIpc) is 2.66. The molecule has 2 unspecified atom stereocenters. The number of hydrogen-bond acceptors (Lipinski definition) is 3. The summed E-state index contributed by atoms with van der Waals surface area (Å²) in [6, 6.07) is 10.6. The Morgan fingerprint density at radius 3 is 2.70 bits per heavy atom. The fourth-order valence-corrected chi connectivity index (χ4v) is 3.17. The molecule has 1 fully saturated rings. The predicted octanol–water partition coefficient (Wildman–Crippen LogP) is 3.46. The molecule has 1 aromatic carbocycles. The van der Waals surface area contributed by atoms with Crippen LogP contribution < -0.4 is 5.32 Å². The number of aliphatic imine (C=N–C) groups is 1. The molecule has 144 valence electrons. The SMILES string of the molecule is CCNC(=NCc1ccc(C)nc1)N1CC(C)OC(c2ccc(F)cc2)C1. The Morgan fingerprint density at radius 1 is 1.26 bits per heavy atom. The van der Waals surface area contributed by atoms with Gasteiger partial charge in [-0.3, -0.25) is 4.98 Å². The topological polar surface area (TPSA) is 49.8 Å². The van der Waals surface area contributed by atoms with E-state index in [2.05, 4.69) is 35.1 Å². The molecule has 27 heavy (non-hydrogen) atoms. The minimum absolute atomic E-state index is 0.0544. The summed E-state index contributed by atoms with van der Waals surface area (Å²) in [4.78, 5) is 11.3. The van der Waals surface area contributed by atoms with Gasteiger partial charge in [-0.2, -0.15) is 0 Å². The first kappa shape index (κ1) is 19.3. The largest absolute Gasteiger partial charge is 0.367 e. The second-order valence-corrected chi connectivity index (χ2v) is 6.87. The van der Waals surface area contributed by atoms with E-state index in [9.17, 15) is 4.39 Å². The zero-order chi connectivity index (χ0) is 19.2. The van der Waals surface area contributed by atoms with Crippen LogP contribution in [0.2, 0.25) is 0 Å². The van der Waals surface area contributed by atoms with Gasteiger partial charge >= 0.3 is 0 Å². The van der Waals surface area contributed by atoms with Crippen molar-refractivity contribution in [1.82, 2.24) is 15.2 Å². The smallest absolute Gasteiger partial charge is 0.194 e. The molecule has 1 aliphatic rings. The maximum absolute atomic E-state index is 13.2. The zero-order valence-electron chi connectivity index (χ0n) is 16.2. The van der Waals surface area contributed by atoms with Gasteiger partial charge in [-0.1, -0.05) is 18.2 Å². The normalized spacial score (nSPS) is 20.6. The van der Waals surface area contributed by atoms with Crippen LogP contribution in [0.5, 0.6) is 0 Å². The molecule has 0 bridgehead atoms. The molecule has 3 rings (SSSR count). The number of benzene rings is 1. The second-order valence-electron chi connectivity index (χ2n) is 6.87. The van der Waals surface area contributed by atoms with Crippen molar-refractivity contribution in [3.05, 3.63) is 65.2 Å². The number of pyridine rings is 1. The summed E-state index contributed by atoms with van der Waals surface area (Å²) in [6.07, 6.45) is 1.81. The Bertz CT molecular complexity index is 761. The molecular weight excluding hydrogens is 343 g/mol. The number of ether oxygens (including phenoxy) is 1. The number of morpholine rings is 1. The van der Waals surface area contributed by atoms with E-state index in [0.717, 1.165) is 35.9 Å². The maximum atomic E-state index is 13.2. The highest BCUT2D eigenvalue weighted by Crippen LogP contribution is 2.25. The molecule has 2 atom stereocenters. The van der Waals surface area contributed by atoms with Crippen molar-refractivity contribution in [2.24, 2.45) is 4.99 Å². The molecule has 1 saturated heterocycles. The molecule has 1 aromatic heterocycles. The molecule has 2 aromatic rings. The standard InChI is InChI=1S/C21H27FN4O/c1-4-23-21(25-12-17-6-5-15(2)24-11-17)26-13-16(3)27-20(14-26)18-7-9-19(22)10-8-18/h5-11,16,20H,4,12-14H2,1-3H3,(H,23,25). The van der Waals surface area contributed by atoms with Crippen molar-refractivity contribution >= 4 is 5.96 Å². The fourth-order valence-electron chi connectivity index (χ4n) is 3.17. The third-order valence-electron chi connectivity index (χ3n) is 4.52. The number of guanidine groups is 1. The van der Waals surface area contributed by atoms with E-state index in [1.807, 2.05) is 19.2 Å². The lowest BCUT2D eigenvalue weighted by atomic mass is 10.1. The fraction of sp³-hybridized carbons (Fsp3) is 0.429. The summed E-state index contributed by atoms with van der Waals surface area (Å²) in [6.45, 7) is 8.88. The Morgan fingerprint density at radius 2 is 2.04 bits per heavy atom. The maximum Gasteiger partial charge on any atom is 0.194 e. The molecule has 1 N–H and O–H groups in total. The van der Waals surface area contributed by atoms with E-state index in [4.69, 9.17) is 9.73 Å². The Hall–Kier alpha value is -2.47. The summed E-state index contributed by atoms with van der Waals surface area (Å²) in [5.74, 6) is 0.626. The van der Waals surface area contributed by atoms with Gasteiger partial charge < -0.3 is 15.0 Å². The number of nitrogens with one attached hydrogen (secondary N) is 1. The van der Waals surface area contributed by atoms with Gasteiger partial charge in [-0.25, -0.2) is 9.38 Å². The van der Waals surface area contributed by atoms with Crippen molar-refractivity contribution in [2.75, 3.05) is 19.6 Å². The Kier molecular flexibility index (Phi) is 6.40. The molecule has 5 nitrogen and oxygen atoms in total. The van der Waals surface area contributed by atoms with Gasteiger partial charge in [-0.05, 0) is 50.1 Å². The van der Waals surface area contributed by atoms with Crippen molar-refractivity contribution in [3.63, 3.8) is 0 Å². The number of rotatable bonds is 4. The van der Waals surface area contributed by atoms with E-state index >= 15 is 0 Å². The number of nitrogens with zero attached hydrogens (tertiary/aromatic N) is 3. The van der Waals surface area contributed by atoms with Crippen LogP contribution in [0.25, 0.3) is 0 Å². The highest BCUT2D eigenvalue weighted by atomic mass is 19.1. The molecule has 2 heterocycles. The highest BCUT2D eigenvalue weighted by molar-refractivity contribution is 5.80. The first-order chi connectivity index (χ1) is 13.0. The lowest BCUT2D eigenvalue weighted by molar-refractivity contribution is -0.0605. The Labute approximate surface area is 160 Å². The molecule has 0 spiro atoms. The Balaban J connectivity index is 1.75. The lowest BCUT2D eigenvalue weighted by Crippen LogP contribution is -2.50. The number of hydrogen-bond donors (Lipinski definition) is 1. The van der Waals surface area contributed by atoms with Crippen molar-refractivity contribution in [3.8, 4) is 0 Å². The highest BCUT2D eigenvalue weighted by Gasteiger charge is 2.28. The lowest BCUT2D eigenvalue weighted by Gasteiger charge is -2.38. The molecule has 1 aliphatic heterocycles. The quantitative estimate of drug-likeness (QED) is 0.661. The molecule has 0 saturated carbocycles. The number of halogens is 1. The van der Waals surface area contributed by atoms with Crippen LogP contribution >= 0.6 is 0 Å². The van der Waals surface area contributed by atoms with E-state index in [0.29, 0.717) is 13.1 Å². The van der Waals surface area contributed by atoms with Crippen LogP contribution in [-0.2, 0) is 11.3 Å². The van der Waals surface area contributed by atoms with Crippen molar-refractivity contribution in [1.29, 1.82) is 0 Å². The van der Waals surface area contributed by atoms with Crippen LogP contribution in [0.4, 0.5) is 4.39 Å². The number of aryl methyl sites for hydroxylation is 1. The monoisotopic (exact) mass is 370 g/mol. The van der Waals surface area contributed by atoms with Crippen LogP contribution in [-0.4, -0.2) is 41.6 Å². The summed E-state index contributed by atoms with van der Waals surface area (Å²) < 4.78 is 19.3. The summed E-state index contributed by atoms with van der Waals surface area (Å²) in [7, 11) is 0. The van der Waals surface area contributed by atoms with Crippen LogP contribution in [0.3, 0.4) is 0 Å². The van der Waals surface area contributed by atoms with Gasteiger partial charge in [0.05, 0.1) is 19.2 Å². The molecule has 0 amide bonds. The van der Waals surface area contributed by atoms with Crippen LogP contribution in [0.15, 0.2) is 47.6 Å². The van der Waals surface area contributed by atoms with Gasteiger partial charge in [0.1, 0.15) is 11.9 Å². The van der Waals surface area contributed by atoms with E-state index < -0.39 is 0 Å². The predicted molar refractivity (Wildman–Crippen MR) is 105 cm³/mol. The van der Waals surface area contributed by atoms with Crippen molar-refractivity contribution < 1.29 is 9.13 Å². The zero-order valence-corrected chi connectivity index (χ0v) is 16.2. The van der Waals surface area contributed by atoms with Gasteiger partial charge in [-0.15, -0.1) is 0 Å². The minimum atomic E-state index is -0.235. The summed E-state index contributed by atoms with van der Waals surface area (Å²) in [5, 5.41) is 3.38. The molecular formula is C21H27FN4O. The molecule has 0 aliphatic carbocycles. The third-order valence-corrected chi connectivity index (χ3v) is 4.52. The van der Waals surface area contributed by atoms with Gasteiger partial charge in [0, 0.05) is 25.0 Å².